The summed E-state index contributed by atoms with van der Waals surface area (Å²) in [5, 5.41) is 1.83. The zero-order valence-corrected chi connectivity index (χ0v) is 12.2. The van der Waals surface area contributed by atoms with Gasteiger partial charge in [0.1, 0.15) is 16.9 Å². The van der Waals surface area contributed by atoms with Crippen molar-refractivity contribution in [2.24, 2.45) is 0 Å². The Labute approximate surface area is 127 Å². The third-order valence-electron chi connectivity index (χ3n) is 2.82. The maximum Gasteiger partial charge on any atom is 0.247 e. The predicted molar refractivity (Wildman–Crippen MR) is 81.2 cm³/mol. The second kappa shape index (κ2) is 7.09. The minimum absolute atomic E-state index is 0.280. The summed E-state index contributed by atoms with van der Waals surface area (Å²) in [4.78, 5) is 12.2. The molecule has 2 aromatic rings. The van der Waals surface area contributed by atoms with E-state index in [1.807, 2.05) is 18.2 Å². The van der Waals surface area contributed by atoms with Gasteiger partial charge in [-0.05, 0) is 24.6 Å². The molecule has 0 aromatic heterocycles. The lowest BCUT2D eigenvalue weighted by atomic mass is 10.1. The van der Waals surface area contributed by atoms with E-state index in [0.717, 1.165) is 0 Å². The second-order valence-corrected chi connectivity index (χ2v) is 4.77. The third kappa shape index (κ3) is 3.95. The van der Waals surface area contributed by atoms with E-state index in [1.54, 1.807) is 19.1 Å². The Hall–Kier alpha value is -2.07. The molecule has 0 spiro atoms. The Morgan fingerprint density at radius 1 is 1.29 bits per heavy atom. The Morgan fingerprint density at radius 2 is 2.00 bits per heavy atom. The Balaban J connectivity index is 2.16. The highest BCUT2D eigenvalue weighted by Crippen LogP contribution is 2.28. The van der Waals surface area contributed by atoms with E-state index in [4.69, 9.17) is 16.3 Å². The van der Waals surface area contributed by atoms with E-state index in [2.05, 4.69) is 5.32 Å². The van der Waals surface area contributed by atoms with Gasteiger partial charge in [0.15, 0.2) is 0 Å². The first-order chi connectivity index (χ1) is 10.1. The molecule has 0 saturated heterocycles. The van der Waals surface area contributed by atoms with Crippen LogP contribution >= 0.6 is 11.6 Å². The van der Waals surface area contributed by atoms with Crippen molar-refractivity contribution in [3.8, 4) is 5.75 Å². The molecule has 1 N–H and O–H groups in total. The number of nitrogens with one attached hydrogen (secondary N) is 1. The van der Waals surface area contributed by atoms with E-state index >= 15 is 0 Å². The van der Waals surface area contributed by atoms with Gasteiger partial charge in [0.25, 0.3) is 0 Å². The fourth-order valence-corrected chi connectivity index (χ4v) is 2.04. The number of amides is 1. The number of hydrogen-bond donors (Lipinski definition) is 1. The maximum atomic E-state index is 13.2. The maximum absolute atomic E-state index is 13.2. The van der Waals surface area contributed by atoms with Crippen LogP contribution in [0.25, 0.3) is 0 Å². The highest BCUT2D eigenvalue weighted by molar-refractivity contribution is 6.32. The molecule has 5 heteroatoms. The Kier molecular flexibility index (Phi) is 5.17. The van der Waals surface area contributed by atoms with Crippen LogP contribution in [-0.4, -0.2) is 12.5 Å². The molecule has 0 aliphatic carbocycles. The number of anilines is 1. The van der Waals surface area contributed by atoms with Gasteiger partial charge in [-0.2, -0.15) is 0 Å². The van der Waals surface area contributed by atoms with Crippen LogP contribution in [-0.2, 0) is 4.79 Å². The summed E-state index contributed by atoms with van der Waals surface area (Å²) >= 11 is 6.14. The van der Waals surface area contributed by atoms with Gasteiger partial charge in [-0.15, -0.1) is 11.6 Å². The summed E-state index contributed by atoms with van der Waals surface area (Å²) in [5.74, 6) is -0.542. The number of carbonyl (C=O) groups is 1. The van der Waals surface area contributed by atoms with Crippen LogP contribution in [0.2, 0.25) is 0 Å². The summed E-state index contributed by atoms with van der Waals surface area (Å²) < 4.78 is 18.5. The molecule has 0 bridgehead atoms. The molecule has 3 nitrogen and oxygen atoms in total. The number of ether oxygens (including phenoxy) is 1. The van der Waals surface area contributed by atoms with Gasteiger partial charge in [-0.1, -0.05) is 30.3 Å². The highest BCUT2D eigenvalue weighted by Gasteiger charge is 2.19. The summed E-state index contributed by atoms with van der Waals surface area (Å²) in [5.41, 5.74) is 1.08. The van der Waals surface area contributed by atoms with Crippen molar-refractivity contribution in [3.63, 3.8) is 0 Å². The van der Waals surface area contributed by atoms with Gasteiger partial charge in [0.05, 0.1) is 12.3 Å². The number of rotatable bonds is 5. The predicted octanol–water partition coefficient (Wildman–Crippen LogP) is 4.14. The third-order valence-corrected chi connectivity index (χ3v) is 3.27. The SMILES string of the molecule is CCOc1cc(F)ccc1NC(=O)C(Cl)c1ccccc1. The van der Waals surface area contributed by atoms with Crippen molar-refractivity contribution < 1.29 is 13.9 Å². The van der Waals surface area contributed by atoms with Crippen molar-refractivity contribution in [3.05, 3.63) is 59.9 Å². The van der Waals surface area contributed by atoms with Crippen LogP contribution in [0.3, 0.4) is 0 Å². The van der Waals surface area contributed by atoms with E-state index in [-0.39, 0.29) is 5.75 Å². The van der Waals surface area contributed by atoms with Crippen LogP contribution in [0, 0.1) is 5.82 Å². The molecule has 1 atom stereocenters. The molecule has 0 radical (unpaired) electrons. The van der Waals surface area contributed by atoms with Gasteiger partial charge in [-0.25, -0.2) is 4.39 Å². The van der Waals surface area contributed by atoms with Gasteiger partial charge < -0.3 is 10.1 Å². The van der Waals surface area contributed by atoms with Gasteiger partial charge in [0.2, 0.25) is 5.91 Å². The van der Waals surface area contributed by atoms with Crippen molar-refractivity contribution >= 4 is 23.2 Å². The molecule has 0 heterocycles. The molecular weight excluding hydrogens is 293 g/mol. The van der Waals surface area contributed by atoms with Crippen LogP contribution in [0.15, 0.2) is 48.5 Å². The monoisotopic (exact) mass is 307 g/mol. The lowest BCUT2D eigenvalue weighted by Crippen LogP contribution is -2.18. The lowest BCUT2D eigenvalue weighted by molar-refractivity contribution is -0.116. The normalized spacial score (nSPS) is 11.8. The van der Waals surface area contributed by atoms with E-state index in [9.17, 15) is 9.18 Å². The second-order valence-electron chi connectivity index (χ2n) is 4.34. The van der Waals surface area contributed by atoms with Crippen molar-refractivity contribution in [2.75, 3.05) is 11.9 Å². The number of carbonyl (C=O) groups excluding carboxylic acids is 1. The molecular formula is C16H15ClFNO2. The van der Waals surface area contributed by atoms with Crippen molar-refractivity contribution in [1.29, 1.82) is 0 Å². The lowest BCUT2D eigenvalue weighted by Gasteiger charge is -2.14. The fraction of sp³-hybridized carbons (Fsp3) is 0.188. The first kappa shape index (κ1) is 15.3. The molecule has 2 rings (SSSR count). The van der Waals surface area contributed by atoms with Gasteiger partial charge in [0, 0.05) is 6.07 Å². The summed E-state index contributed by atoms with van der Waals surface area (Å²) in [6.07, 6.45) is 0. The first-order valence-corrected chi connectivity index (χ1v) is 6.97. The molecule has 2 aromatic carbocycles. The zero-order valence-electron chi connectivity index (χ0n) is 11.5. The smallest absolute Gasteiger partial charge is 0.247 e. The summed E-state index contributed by atoms with van der Waals surface area (Å²) in [6.45, 7) is 2.15. The topological polar surface area (TPSA) is 38.3 Å². The average molecular weight is 308 g/mol. The summed E-state index contributed by atoms with van der Waals surface area (Å²) in [7, 11) is 0. The molecule has 0 aliphatic rings. The minimum atomic E-state index is -0.828. The van der Waals surface area contributed by atoms with Crippen molar-refractivity contribution in [2.45, 2.75) is 12.3 Å². The average Bonchev–Trinajstić information content (AvgIpc) is 2.50. The Morgan fingerprint density at radius 3 is 2.67 bits per heavy atom. The van der Waals surface area contributed by atoms with Crippen LogP contribution < -0.4 is 10.1 Å². The van der Waals surface area contributed by atoms with Crippen LogP contribution in [0.5, 0.6) is 5.75 Å². The largest absolute Gasteiger partial charge is 0.492 e. The summed E-state index contributed by atoms with van der Waals surface area (Å²) in [6, 6.07) is 12.9. The number of hydrogen-bond acceptors (Lipinski definition) is 2. The quantitative estimate of drug-likeness (QED) is 0.843. The molecule has 110 valence electrons. The number of benzene rings is 2. The van der Waals surface area contributed by atoms with Crippen LogP contribution in [0.4, 0.5) is 10.1 Å². The van der Waals surface area contributed by atoms with E-state index in [0.29, 0.717) is 17.9 Å². The molecule has 1 amide bonds. The first-order valence-electron chi connectivity index (χ1n) is 6.54. The Bertz CT molecular complexity index is 619. The molecule has 21 heavy (non-hydrogen) atoms. The van der Waals surface area contributed by atoms with Gasteiger partial charge in [-0.3, -0.25) is 4.79 Å². The molecule has 0 fully saturated rings. The highest BCUT2D eigenvalue weighted by atomic mass is 35.5. The van der Waals surface area contributed by atoms with E-state index in [1.165, 1.54) is 18.2 Å². The fourth-order valence-electron chi connectivity index (χ4n) is 1.84. The molecule has 0 saturated carbocycles. The minimum Gasteiger partial charge on any atom is -0.492 e. The molecule has 0 aliphatic heterocycles. The zero-order chi connectivity index (χ0) is 15.2. The van der Waals surface area contributed by atoms with Crippen molar-refractivity contribution in [1.82, 2.24) is 0 Å². The van der Waals surface area contributed by atoms with Gasteiger partial charge >= 0.3 is 0 Å². The number of alkyl halides is 1. The van der Waals surface area contributed by atoms with E-state index < -0.39 is 17.1 Å². The van der Waals surface area contributed by atoms with Crippen LogP contribution in [0.1, 0.15) is 17.9 Å². The standard InChI is InChI=1S/C16H15ClFNO2/c1-2-21-14-10-12(18)8-9-13(14)19-16(20)15(17)11-6-4-3-5-7-11/h3-10,15H,2H2,1H3,(H,19,20). The number of halogens is 2. The molecule has 1 unspecified atom stereocenters.